The second kappa shape index (κ2) is 7.92. The zero-order valence-corrected chi connectivity index (χ0v) is 16.7. The monoisotopic (exact) mass is 359 g/mol. The third kappa shape index (κ3) is 4.35. The van der Waals surface area contributed by atoms with Crippen LogP contribution in [0.1, 0.15) is 25.3 Å². The van der Waals surface area contributed by atoms with Crippen LogP contribution < -0.4 is 4.90 Å². The lowest BCUT2D eigenvalue weighted by Crippen LogP contribution is -2.45. The van der Waals surface area contributed by atoms with Gasteiger partial charge in [0.15, 0.2) is 0 Å². The first-order valence-electron chi connectivity index (χ1n) is 9.70. The highest BCUT2D eigenvalue weighted by atomic mass is 16.2. The van der Waals surface area contributed by atoms with Gasteiger partial charge in [0.1, 0.15) is 5.82 Å². The van der Waals surface area contributed by atoms with Crippen molar-refractivity contribution in [3.05, 3.63) is 23.9 Å². The molecule has 2 saturated heterocycles. The molecular formula is C20H33N5O. The van der Waals surface area contributed by atoms with Gasteiger partial charge in [-0.25, -0.2) is 4.98 Å². The fourth-order valence-electron chi connectivity index (χ4n) is 4.11. The normalized spacial score (nSPS) is 25.3. The van der Waals surface area contributed by atoms with Gasteiger partial charge in [-0.2, -0.15) is 0 Å². The maximum Gasteiger partial charge on any atom is 0.229 e. The molecule has 1 amide bonds. The van der Waals surface area contributed by atoms with Crippen LogP contribution in [0.5, 0.6) is 0 Å². The standard InChI is InChI=1S/C20H33N5O/c1-20(8-11-23(4)16-20)19(26)25-10-5-9-24(12-13-25)15-17-6-7-18(21-14-17)22(2)3/h6-7,14H,5,8-13,15-16H2,1-4H3. The Morgan fingerprint density at radius 2 is 2.00 bits per heavy atom. The average molecular weight is 360 g/mol. The fourth-order valence-corrected chi connectivity index (χ4v) is 4.11. The number of rotatable bonds is 4. The Morgan fingerprint density at radius 3 is 2.62 bits per heavy atom. The maximum absolute atomic E-state index is 13.1. The Bertz CT molecular complexity index is 617. The highest BCUT2D eigenvalue weighted by Gasteiger charge is 2.41. The zero-order chi connectivity index (χ0) is 18.7. The number of carbonyl (C=O) groups is 1. The van der Waals surface area contributed by atoms with Crippen LogP contribution in [0.2, 0.25) is 0 Å². The van der Waals surface area contributed by atoms with E-state index in [1.54, 1.807) is 0 Å². The van der Waals surface area contributed by atoms with E-state index < -0.39 is 0 Å². The molecule has 3 rings (SSSR count). The Balaban J connectivity index is 1.55. The summed E-state index contributed by atoms with van der Waals surface area (Å²) in [4.78, 5) is 26.4. The van der Waals surface area contributed by atoms with E-state index in [2.05, 4.69) is 45.8 Å². The third-order valence-electron chi connectivity index (χ3n) is 5.73. The van der Waals surface area contributed by atoms with Crippen LogP contribution in [-0.4, -0.2) is 86.0 Å². The first-order valence-corrected chi connectivity index (χ1v) is 9.70. The van der Waals surface area contributed by atoms with E-state index in [0.717, 1.165) is 64.5 Å². The van der Waals surface area contributed by atoms with Gasteiger partial charge < -0.3 is 14.7 Å². The van der Waals surface area contributed by atoms with Crippen molar-refractivity contribution in [1.82, 2.24) is 19.7 Å². The highest BCUT2D eigenvalue weighted by Crippen LogP contribution is 2.31. The number of pyridine rings is 1. The van der Waals surface area contributed by atoms with E-state index in [-0.39, 0.29) is 5.41 Å². The summed E-state index contributed by atoms with van der Waals surface area (Å²) in [5.41, 5.74) is 1.04. The first kappa shape index (κ1) is 19.1. The van der Waals surface area contributed by atoms with Gasteiger partial charge in [0, 0.05) is 59.6 Å². The maximum atomic E-state index is 13.1. The summed E-state index contributed by atoms with van der Waals surface area (Å²) in [5, 5.41) is 0. The van der Waals surface area contributed by atoms with Gasteiger partial charge in [-0.3, -0.25) is 9.69 Å². The number of likely N-dealkylation sites (tertiary alicyclic amines) is 1. The van der Waals surface area contributed by atoms with Crippen molar-refractivity contribution >= 4 is 11.7 Å². The Morgan fingerprint density at radius 1 is 1.19 bits per heavy atom. The molecular weight excluding hydrogens is 326 g/mol. The highest BCUT2D eigenvalue weighted by molar-refractivity contribution is 5.83. The van der Waals surface area contributed by atoms with Crippen LogP contribution in [0.4, 0.5) is 5.82 Å². The largest absolute Gasteiger partial charge is 0.363 e. The van der Waals surface area contributed by atoms with E-state index in [0.29, 0.717) is 5.91 Å². The van der Waals surface area contributed by atoms with Crippen molar-refractivity contribution < 1.29 is 4.79 Å². The molecule has 0 aliphatic carbocycles. The van der Waals surface area contributed by atoms with Crippen LogP contribution in [0.3, 0.4) is 0 Å². The predicted molar refractivity (Wildman–Crippen MR) is 105 cm³/mol. The second-order valence-electron chi connectivity index (χ2n) is 8.39. The number of anilines is 1. The summed E-state index contributed by atoms with van der Waals surface area (Å²) in [5.74, 6) is 1.33. The molecule has 26 heavy (non-hydrogen) atoms. The smallest absolute Gasteiger partial charge is 0.229 e. The van der Waals surface area contributed by atoms with Crippen molar-refractivity contribution in [2.24, 2.45) is 5.41 Å². The minimum absolute atomic E-state index is 0.199. The molecule has 0 radical (unpaired) electrons. The summed E-state index contributed by atoms with van der Waals surface area (Å²) >= 11 is 0. The topological polar surface area (TPSA) is 42.9 Å². The molecule has 1 aromatic rings. The number of hydrogen-bond acceptors (Lipinski definition) is 5. The molecule has 0 N–H and O–H groups in total. The van der Waals surface area contributed by atoms with Gasteiger partial charge in [-0.1, -0.05) is 6.07 Å². The minimum atomic E-state index is -0.199. The summed E-state index contributed by atoms with van der Waals surface area (Å²) in [6.45, 7) is 8.65. The van der Waals surface area contributed by atoms with Crippen LogP contribution in [0, 0.1) is 5.41 Å². The lowest BCUT2D eigenvalue weighted by atomic mass is 9.88. The van der Waals surface area contributed by atoms with E-state index in [1.165, 1.54) is 5.56 Å². The van der Waals surface area contributed by atoms with Gasteiger partial charge in [0.2, 0.25) is 5.91 Å². The number of nitrogens with zero attached hydrogens (tertiary/aromatic N) is 5. The molecule has 0 spiro atoms. The quantitative estimate of drug-likeness (QED) is 0.816. The zero-order valence-electron chi connectivity index (χ0n) is 16.7. The van der Waals surface area contributed by atoms with Crippen molar-refractivity contribution in [2.45, 2.75) is 26.3 Å². The van der Waals surface area contributed by atoms with Crippen molar-refractivity contribution in [2.75, 3.05) is 65.3 Å². The molecule has 6 nitrogen and oxygen atoms in total. The molecule has 0 bridgehead atoms. The summed E-state index contributed by atoms with van der Waals surface area (Å²) in [6, 6.07) is 4.23. The van der Waals surface area contributed by atoms with Gasteiger partial charge >= 0.3 is 0 Å². The lowest BCUT2D eigenvalue weighted by molar-refractivity contribution is -0.140. The van der Waals surface area contributed by atoms with Crippen LogP contribution >= 0.6 is 0 Å². The van der Waals surface area contributed by atoms with Crippen LogP contribution in [-0.2, 0) is 11.3 Å². The summed E-state index contributed by atoms with van der Waals surface area (Å²) in [6.07, 6.45) is 3.99. The molecule has 2 aliphatic rings. The number of amides is 1. The van der Waals surface area contributed by atoms with Crippen LogP contribution in [0.25, 0.3) is 0 Å². The molecule has 0 saturated carbocycles. The van der Waals surface area contributed by atoms with Crippen LogP contribution in [0.15, 0.2) is 18.3 Å². The molecule has 3 heterocycles. The van der Waals surface area contributed by atoms with E-state index in [9.17, 15) is 4.79 Å². The SMILES string of the molecule is CN1CCC(C)(C(=O)N2CCCN(Cc3ccc(N(C)C)nc3)CC2)C1. The molecule has 144 valence electrons. The lowest BCUT2D eigenvalue weighted by Gasteiger charge is -2.31. The Labute approximate surface area is 157 Å². The molecule has 6 heteroatoms. The molecule has 2 aliphatic heterocycles. The molecule has 1 atom stereocenters. The predicted octanol–water partition coefficient (Wildman–Crippen LogP) is 1.52. The number of hydrogen-bond donors (Lipinski definition) is 0. The van der Waals surface area contributed by atoms with E-state index >= 15 is 0 Å². The van der Waals surface area contributed by atoms with E-state index in [4.69, 9.17) is 0 Å². The summed E-state index contributed by atoms with van der Waals surface area (Å²) < 4.78 is 0. The van der Waals surface area contributed by atoms with Crippen molar-refractivity contribution in [3.63, 3.8) is 0 Å². The average Bonchev–Trinajstić information content (AvgIpc) is 2.82. The van der Waals surface area contributed by atoms with Gasteiger partial charge in [0.25, 0.3) is 0 Å². The van der Waals surface area contributed by atoms with Gasteiger partial charge in [0.05, 0.1) is 5.41 Å². The van der Waals surface area contributed by atoms with Crippen molar-refractivity contribution in [3.8, 4) is 0 Å². The molecule has 1 aromatic heterocycles. The Kier molecular flexibility index (Phi) is 5.82. The van der Waals surface area contributed by atoms with E-state index in [1.807, 2.05) is 25.2 Å². The first-order chi connectivity index (χ1) is 12.4. The van der Waals surface area contributed by atoms with Gasteiger partial charge in [-0.15, -0.1) is 0 Å². The number of aromatic nitrogens is 1. The fraction of sp³-hybridized carbons (Fsp3) is 0.700. The second-order valence-corrected chi connectivity index (χ2v) is 8.39. The summed E-state index contributed by atoms with van der Waals surface area (Å²) in [7, 11) is 6.12. The Hall–Kier alpha value is -1.66. The van der Waals surface area contributed by atoms with Gasteiger partial charge in [-0.05, 0) is 45.0 Å². The molecule has 1 unspecified atom stereocenters. The number of carbonyl (C=O) groups excluding carboxylic acids is 1. The van der Waals surface area contributed by atoms with Crippen molar-refractivity contribution in [1.29, 1.82) is 0 Å². The minimum Gasteiger partial charge on any atom is -0.363 e. The molecule has 2 fully saturated rings. The third-order valence-corrected chi connectivity index (χ3v) is 5.73. The molecule has 0 aromatic carbocycles.